The number of hydrogen-bond donors (Lipinski definition) is 2. The lowest BCUT2D eigenvalue weighted by atomic mass is 10.1. The molecule has 3 rings (SSSR count). The molecular weight excluding hydrogens is 480 g/mol. The van der Waals surface area contributed by atoms with Gasteiger partial charge in [-0.25, -0.2) is 9.59 Å². The van der Waals surface area contributed by atoms with Crippen LogP contribution in [0, 0.1) is 0 Å². The summed E-state index contributed by atoms with van der Waals surface area (Å²) in [5, 5.41) is 14.8. The maximum Gasteiger partial charge on any atom is 0.414 e. The van der Waals surface area contributed by atoms with Crippen LogP contribution in [0.15, 0.2) is 53.0 Å². The summed E-state index contributed by atoms with van der Waals surface area (Å²) in [6, 6.07) is 16.4. The van der Waals surface area contributed by atoms with Gasteiger partial charge in [-0.15, -0.1) is 0 Å². The van der Waals surface area contributed by atoms with Gasteiger partial charge in [0.25, 0.3) is 5.91 Å². The monoisotopic (exact) mass is 506 g/mol. The van der Waals surface area contributed by atoms with Crippen LogP contribution in [-0.4, -0.2) is 70.6 Å². The summed E-state index contributed by atoms with van der Waals surface area (Å²) in [5.41, 5.74) is 2.70. The number of piperazine rings is 1. The summed E-state index contributed by atoms with van der Waals surface area (Å²) in [7, 11) is 0. The molecule has 1 aliphatic heterocycles. The highest BCUT2D eigenvalue weighted by molar-refractivity contribution is 9.10. The quantitative estimate of drug-likeness (QED) is 0.579. The third-order valence-corrected chi connectivity index (χ3v) is 5.45. The van der Waals surface area contributed by atoms with E-state index in [4.69, 9.17) is 24.5 Å². The molecule has 2 aromatic rings. The lowest BCUT2D eigenvalue weighted by Gasteiger charge is -2.34. The van der Waals surface area contributed by atoms with Gasteiger partial charge in [0.1, 0.15) is 5.75 Å². The van der Waals surface area contributed by atoms with E-state index in [0.29, 0.717) is 0 Å². The molecule has 0 unspecified atom stereocenters. The van der Waals surface area contributed by atoms with Crippen molar-refractivity contribution in [3.05, 3.63) is 64.1 Å². The Morgan fingerprint density at radius 3 is 1.91 bits per heavy atom. The molecule has 0 radical (unpaired) electrons. The predicted octanol–water partition coefficient (Wildman–Crippen LogP) is 2.89. The number of ether oxygens (including phenoxy) is 1. The molecule has 0 bridgehead atoms. The summed E-state index contributed by atoms with van der Waals surface area (Å²) < 4.78 is 6.59. The van der Waals surface area contributed by atoms with E-state index in [1.807, 2.05) is 29.2 Å². The first kappa shape index (κ1) is 25.4. The van der Waals surface area contributed by atoms with Gasteiger partial charge in [0.05, 0.1) is 0 Å². The first-order valence-corrected chi connectivity index (χ1v) is 11.0. The van der Waals surface area contributed by atoms with Crippen molar-refractivity contribution in [2.45, 2.75) is 19.9 Å². The van der Waals surface area contributed by atoms with Gasteiger partial charge in [0.15, 0.2) is 6.61 Å². The Balaban J connectivity index is 0.000000534. The van der Waals surface area contributed by atoms with E-state index >= 15 is 0 Å². The molecule has 1 amide bonds. The van der Waals surface area contributed by atoms with Gasteiger partial charge in [-0.2, -0.15) is 0 Å². The lowest BCUT2D eigenvalue weighted by molar-refractivity contribution is -0.159. The Labute approximate surface area is 195 Å². The summed E-state index contributed by atoms with van der Waals surface area (Å²) in [5.74, 6) is -2.87. The Morgan fingerprint density at radius 1 is 0.875 bits per heavy atom. The lowest BCUT2D eigenvalue weighted by Crippen LogP contribution is -2.49. The number of carboxylic acids is 2. The Kier molecular flexibility index (Phi) is 10.2. The van der Waals surface area contributed by atoms with Crippen LogP contribution >= 0.6 is 15.9 Å². The van der Waals surface area contributed by atoms with Crippen LogP contribution in [0.4, 0.5) is 0 Å². The van der Waals surface area contributed by atoms with E-state index in [2.05, 4.69) is 52.0 Å². The van der Waals surface area contributed by atoms with Crippen LogP contribution in [0.3, 0.4) is 0 Å². The second-order valence-electron chi connectivity index (χ2n) is 7.18. The molecule has 1 heterocycles. The summed E-state index contributed by atoms with van der Waals surface area (Å²) in [6.07, 6.45) is 1.07. The molecule has 0 aromatic heterocycles. The van der Waals surface area contributed by atoms with Crippen molar-refractivity contribution in [3.8, 4) is 5.75 Å². The number of benzene rings is 2. The van der Waals surface area contributed by atoms with Crippen LogP contribution in [0.25, 0.3) is 0 Å². The zero-order chi connectivity index (χ0) is 23.5. The number of aryl methyl sites for hydroxylation is 1. The number of amides is 1. The SMILES string of the molecule is CCc1ccc(CN2CCN(C(=O)COc3ccc(Br)cc3)CC2)cc1.O=C(O)C(=O)O. The molecular formula is C23H27BrN2O6. The third-order valence-electron chi connectivity index (χ3n) is 4.92. The van der Waals surface area contributed by atoms with E-state index in [-0.39, 0.29) is 12.5 Å². The molecule has 0 atom stereocenters. The van der Waals surface area contributed by atoms with E-state index in [1.165, 1.54) is 11.1 Å². The maximum absolute atomic E-state index is 12.3. The number of rotatable bonds is 6. The van der Waals surface area contributed by atoms with Crippen LogP contribution in [0.2, 0.25) is 0 Å². The number of carboxylic acid groups (broad SMARTS) is 2. The molecule has 9 heteroatoms. The minimum Gasteiger partial charge on any atom is -0.484 e. The summed E-state index contributed by atoms with van der Waals surface area (Å²) in [4.78, 5) is 34.8. The Morgan fingerprint density at radius 2 is 1.41 bits per heavy atom. The van der Waals surface area contributed by atoms with Gasteiger partial charge in [0.2, 0.25) is 0 Å². The standard InChI is InChI=1S/C21H25BrN2O2.C2H2O4/c1-2-17-3-5-18(6-4-17)15-23-11-13-24(14-12-23)21(25)16-26-20-9-7-19(22)8-10-20;3-1(4)2(5)6/h3-10H,2,11-16H2,1H3;(H,3,4)(H,5,6). The fourth-order valence-electron chi connectivity index (χ4n) is 3.06. The molecule has 8 nitrogen and oxygen atoms in total. The van der Waals surface area contributed by atoms with Gasteiger partial charge in [-0.1, -0.05) is 47.1 Å². The largest absolute Gasteiger partial charge is 0.484 e. The van der Waals surface area contributed by atoms with Crippen LogP contribution in [-0.2, 0) is 27.3 Å². The first-order valence-electron chi connectivity index (χ1n) is 10.2. The number of nitrogens with zero attached hydrogens (tertiary/aromatic N) is 2. The van der Waals surface area contributed by atoms with Gasteiger partial charge in [-0.05, 0) is 41.8 Å². The second-order valence-corrected chi connectivity index (χ2v) is 8.10. The van der Waals surface area contributed by atoms with Crippen LogP contribution < -0.4 is 4.74 Å². The first-order chi connectivity index (χ1) is 15.3. The average molecular weight is 507 g/mol. The smallest absolute Gasteiger partial charge is 0.414 e. The minimum absolute atomic E-state index is 0.0554. The maximum atomic E-state index is 12.3. The Hall–Kier alpha value is -2.91. The highest BCUT2D eigenvalue weighted by atomic mass is 79.9. The average Bonchev–Trinajstić information content (AvgIpc) is 2.80. The second kappa shape index (κ2) is 12.8. The zero-order valence-electron chi connectivity index (χ0n) is 17.9. The molecule has 1 saturated heterocycles. The molecule has 1 fully saturated rings. The number of carbonyl (C=O) groups excluding carboxylic acids is 1. The number of hydrogen-bond acceptors (Lipinski definition) is 5. The number of halogens is 1. The van der Waals surface area contributed by atoms with Crippen molar-refractivity contribution in [2.75, 3.05) is 32.8 Å². The van der Waals surface area contributed by atoms with Crippen LogP contribution in [0.1, 0.15) is 18.1 Å². The van der Waals surface area contributed by atoms with Crippen molar-refractivity contribution in [3.63, 3.8) is 0 Å². The Bertz CT molecular complexity index is 882. The summed E-state index contributed by atoms with van der Waals surface area (Å²) >= 11 is 3.39. The number of aliphatic carboxylic acids is 2. The molecule has 1 aliphatic rings. The molecule has 172 valence electrons. The third kappa shape index (κ3) is 8.68. The fourth-order valence-corrected chi connectivity index (χ4v) is 3.33. The van der Waals surface area contributed by atoms with Crippen molar-refractivity contribution < 1.29 is 29.3 Å². The molecule has 32 heavy (non-hydrogen) atoms. The zero-order valence-corrected chi connectivity index (χ0v) is 19.5. The topological polar surface area (TPSA) is 107 Å². The highest BCUT2D eigenvalue weighted by Crippen LogP contribution is 2.16. The van der Waals surface area contributed by atoms with Crippen molar-refractivity contribution in [2.24, 2.45) is 0 Å². The molecule has 0 aliphatic carbocycles. The predicted molar refractivity (Wildman–Crippen MR) is 123 cm³/mol. The van der Waals surface area contributed by atoms with Gasteiger partial charge >= 0.3 is 11.9 Å². The van der Waals surface area contributed by atoms with Gasteiger partial charge in [-0.3, -0.25) is 9.69 Å². The summed E-state index contributed by atoms with van der Waals surface area (Å²) in [6.45, 7) is 6.54. The van der Waals surface area contributed by atoms with Gasteiger partial charge < -0.3 is 19.8 Å². The molecule has 0 saturated carbocycles. The van der Waals surface area contributed by atoms with E-state index in [1.54, 1.807) is 0 Å². The van der Waals surface area contributed by atoms with Crippen LogP contribution in [0.5, 0.6) is 5.75 Å². The molecule has 0 spiro atoms. The van der Waals surface area contributed by atoms with E-state index in [0.717, 1.165) is 49.4 Å². The molecule has 2 N–H and O–H groups in total. The van der Waals surface area contributed by atoms with E-state index < -0.39 is 11.9 Å². The molecule has 2 aromatic carbocycles. The fraction of sp³-hybridized carbons (Fsp3) is 0.348. The van der Waals surface area contributed by atoms with E-state index in [9.17, 15) is 4.79 Å². The van der Waals surface area contributed by atoms with Crippen molar-refractivity contribution in [1.29, 1.82) is 0 Å². The normalized spacial score (nSPS) is 13.6. The van der Waals surface area contributed by atoms with Crippen molar-refractivity contribution in [1.82, 2.24) is 9.80 Å². The number of carbonyl (C=O) groups is 3. The highest BCUT2D eigenvalue weighted by Gasteiger charge is 2.21. The minimum atomic E-state index is -1.82. The van der Waals surface area contributed by atoms with Gasteiger partial charge in [0, 0.05) is 37.2 Å². The van der Waals surface area contributed by atoms with Crippen molar-refractivity contribution >= 4 is 33.8 Å².